The molecule has 7 nitrogen and oxygen atoms in total. The highest BCUT2D eigenvalue weighted by atomic mass is 16.7. The molecule has 0 bridgehead atoms. The molecule has 3 fully saturated rings. The molecule has 2 saturated heterocycles. The van der Waals surface area contributed by atoms with Gasteiger partial charge in [-0.15, -0.1) is 0 Å². The van der Waals surface area contributed by atoms with Gasteiger partial charge in [-0.25, -0.2) is 0 Å². The number of aliphatic hydroxyl groups is 1. The van der Waals surface area contributed by atoms with Crippen LogP contribution in [-0.4, -0.2) is 56.5 Å². The molecule has 0 radical (unpaired) electrons. The van der Waals surface area contributed by atoms with Crippen molar-refractivity contribution in [1.82, 2.24) is 0 Å². The first kappa shape index (κ1) is 18.7. The Balaban J connectivity index is 1.74. The van der Waals surface area contributed by atoms with Crippen molar-refractivity contribution < 1.29 is 33.6 Å². The van der Waals surface area contributed by atoms with Crippen LogP contribution in [0.15, 0.2) is 24.3 Å². The Kier molecular flexibility index (Phi) is 4.66. The number of methoxy groups -OCH3 is 1. The normalized spacial score (nSPS) is 35.5. The molecule has 1 N–H and O–H groups in total. The van der Waals surface area contributed by atoms with Gasteiger partial charge in [-0.2, -0.15) is 0 Å². The topological polar surface area (TPSA) is 86.8 Å². The summed E-state index contributed by atoms with van der Waals surface area (Å²) in [5, 5.41) is 11.7. The summed E-state index contributed by atoms with van der Waals surface area (Å²) in [7, 11) is 1.58. The minimum absolute atomic E-state index is 0.265. The van der Waals surface area contributed by atoms with Gasteiger partial charge in [0, 0.05) is 6.42 Å². The van der Waals surface area contributed by atoms with Crippen LogP contribution in [0.25, 0.3) is 0 Å². The Morgan fingerprint density at radius 3 is 2.67 bits per heavy atom. The van der Waals surface area contributed by atoms with Crippen LogP contribution in [0, 0.1) is 5.41 Å². The number of carbonyl (C=O) groups is 1. The molecule has 2 heterocycles. The number of rotatable bonds is 6. The smallest absolute Gasteiger partial charge is 0.315 e. The summed E-state index contributed by atoms with van der Waals surface area (Å²) in [4.78, 5) is 13.1. The second-order valence-electron chi connectivity index (χ2n) is 7.39. The molecule has 148 valence electrons. The van der Waals surface area contributed by atoms with Crippen molar-refractivity contribution >= 4 is 5.97 Å². The molecule has 7 heteroatoms. The lowest BCUT2D eigenvalue weighted by Crippen LogP contribution is -2.53. The zero-order valence-corrected chi connectivity index (χ0v) is 15.7. The number of benzene rings is 1. The van der Waals surface area contributed by atoms with Gasteiger partial charge in [0.15, 0.2) is 6.29 Å². The Morgan fingerprint density at radius 2 is 2.04 bits per heavy atom. The van der Waals surface area contributed by atoms with E-state index in [1.807, 2.05) is 18.2 Å². The quantitative estimate of drug-likeness (QED) is 0.596. The van der Waals surface area contributed by atoms with E-state index in [9.17, 15) is 9.90 Å². The van der Waals surface area contributed by atoms with Crippen LogP contribution in [0.4, 0.5) is 0 Å². The maximum absolute atomic E-state index is 13.1. The van der Waals surface area contributed by atoms with Gasteiger partial charge in [0.2, 0.25) is 0 Å². The van der Waals surface area contributed by atoms with Crippen LogP contribution in [0.5, 0.6) is 5.75 Å². The minimum atomic E-state index is -1.31. The van der Waals surface area contributed by atoms with Crippen molar-refractivity contribution in [1.29, 1.82) is 0 Å². The summed E-state index contributed by atoms with van der Waals surface area (Å²) in [6, 6.07) is 7.29. The second kappa shape index (κ2) is 6.74. The average molecular weight is 378 g/mol. The number of ether oxygens (including phenoxy) is 5. The van der Waals surface area contributed by atoms with Gasteiger partial charge in [-0.1, -0.05) is 12.1 Å². The number of carbonyl (C=O) groups excluding carboxylic acids is 1. The van der Waals surface area contributed by atoms with Crippen LogP contribution in [0.2, 0.25) is 0 Å². The lowest BCUT2D eigenvalue weighted by Gasteiger charge is -2.38. The van der Waals surface area contributed by atoms with Gasteiger partial charge in [0.05, 0.1) is 33.5 Å². The lowest BCUT2D eigenvalue weighted by atomic mass is 9.69. The summed E-state index contributed by atoms with van der Waals surface area (Å²) in [6.45, 7) is 3.32. The van der Waals surface area contributed by atoms with Crippen LogP contribution in [0.3, 0.4) is 0 Å². The van der Waals surface area contributed by atoms with Crippen molar-refractivity contribution in [2.24, 2.45) is 5.41 Å². The number of epoxide rings is 1. The van der Waals surface area contributed by atoms with E-state index in [1.165, 1.54) is 0 Å². The van der Waals surface area contributed by atoms with Crippen molar-refractivity contribution in [2.45, 2.75) is 43.7 Å². The van der Waals surface area contributed by atoms with Crippen LogP contribution >= 0.6 is 0 Å². The summed E-state index contributed by atoms with van der Waals surface area (Å²) in [5.74, 6) is 0.285. The first-order valence-corrected chi connectivity index (χ1v) is 9.43. The molecule has 3 aliphatic rings. The molecular formula is C20H26O7. The van der Waals surface area contributed by atoms with E-state index in [1.54, 1.807) is 20.1 Å². The molecule has 27 heavy (non-hydrogen) atoms. The van der Waals surface area contributed by atoms with Crippen molar-refractivity contribution in [2.75, 3.05) is 33.5 Å². The van der Waals surface area contributed by atoms with E-state index in [2.05, 4.69) is 0 Å². The Bertz CT molecular complexity index is 710. The van der Waals surface area contributed by atoms with Gasteiger partial charge < -0.3 is 28.8 Å². The van der Waals surface area contributed by atoms with Crippen molar-refractivity contribution in [3.8, 4) is 5.75 Å². The molecule has 0 amide bonds. The fourth-order valence-electron chi connectivity index (χ4n) is 4.74. The molecule has 1 aromatic rings. The van der Waals surface area contributed by atoms with Gasteiger partial charge >= 0.3 is 5.97 Å². The largest absolute Gasteiger partial charge is 0.497 e. The fraction of sp³-hybridized carbons (Fsp3) is 0.650. The summed E-state index contributed by atoms with van der Waals surface area (Å²) >= 11 is 0. The molecule has 0 unspecified atom stereocenters. The molecule has 2 aliphatic heterocycles. The highest BCUT2D eigenvalue weighted by Gasteiger charge is 2.79. The summed E-state index contributed by atoms with van der Waals surface area (Å²) in [6.07, 6.45) is 0.621. The molecule has 0 aromatic heterocycles. The van der Waals surface area contributed by atoms with Gasteiger partial charge in [-0.05, 0) is 37.5 Å². The third kappa shape index (κ3) is 2.68. The maximum atomic E-state index is 13.1. The van der Waals surface area contributed by atoms with Gasteiger partial charge in [-0.3, -0.25) is 4.79 Å². The van der Waals surface area contributed by atoms with E-state index < -0.39 is 22.9 Å². The first-order chi connectivity index (χ1) is 13.0. The van der Waals surface area contributed by atoms with E-state index in [0.717, 1.165) is 0 Å². The molecular weight excluding hydrogens is 352 g/mol. The second-order valence-corrected chi connectivity index (χ2v) is 7.39. The predicted molar refractivity (Wildman–Crippen MR) is 94.2 cm³/mol. The van der Waals surface area contributed by atoms with Crippen molar-refractivity contribution in [3.05, 3.63) is 29.8 Å². The SMILES string of the molecule is CCOC(=O)[C@]1(CC2OCCO2)CC[C@@](O)(c2cccc(OC)c2)[C@@]12CO2. The average Bonchev–Trinajstić information content (AvgIpc) is 3.28. The highest BCUT2D eigenvalue weighted by Crippen LogP contribution is 2.67. The standard InChI is InChI=1S/C20H26O7/c1-3-24-17(21)18(12-16-25-9-10-26-16)7-8-19(22,20(18)13-27-20)14-5-4-6-15(11-14)23-2/h4-6,11,16,22H,3,7-10,12-13H2,1-2H3/t18-,19-,20-/m1/s1. The number of hydrogen-bond acceptors (Lipinski definition) is 7. The molecule has 4 rings (SSSR count). The van der Waals surface area contributed by atoms with Gasteiger partial charge in [0.1, 0.15) is 22.4 Å². The van der Waals surface area contributed by atoms with Crippen LogP contribution < -0.4 is 4.74 Å². The third-order valence-electron chi connectivity index (χ3n) is 6.21. The highest BCUT2D eigenvalue weighted by molar-refractivity contribution is 5.81. The zero-order chi connectivity index (χ0) is 19.1. The Hall–Kier alpha value is -1.67. The Labute approximate surface area is 158 Å². The molecule has 1 saturated carbocycles. The molecule has 1 aromatic carbocycles. The predicted octanol–water partition coefficient (Wildman–Crippen LogP) is 1.76. The maximum Gasteiger partial charge on any atom is 0.315 e. The van der Waals surface area contributed by atoms with Crippen LogP contribution in [0.1, 0.15) is 31.7 Å². The Morgan fingerprint density at radius 1 is 1.30 bits per heavy atom. The van der Waals surface area contributed by atoms with Crippen molar-refractivity contribution in [3.63, 3.8) is 0 Å². The van der Waals surface area contributed by atoms with E-state index in [-0.39, 0.29) is 19.2 Å². The van der Waals surface area contributed by atoms with E-state index in [0.29, 0.717) is 43.8 Å². The third-order valence-corrected chi connectivity index (χ3v) is 6.21. The zero-order valence-electron chi connectivity index (χ0n) is 15.7. The first-order valence-electron chi connectivity index (χ1n) is 9.43. The fourth-order valence-corrected chi connectivity index (χ4v) is 4.74. The summed E-state index contributed by atoms with van der Waals surface area (Å²) in [5.41, 5.74) is -2.70. The monoisotopic (exact) mass is 378 g/mol. The minimum Gasteiger partial charge on any atom is -0.497 e. The molecule has 3 atom stereocenters. The lowest BCUT2D eigenvalue weighted by molar-refractivity contribution is -0.173. The van der Waals surface area contributed by atoms with E-state index in [4.69, 9.17) is 23.7 Å². The van der Waals surface area contributed by atoms with E-state index >= 15 is 0 Å². The number of esters is 1. The molecule has 1 aliphatic carbocycles. The summed E-state index contributed by atoms with van der Waals surface area (Å²) < 4.78 is 27.8. The molecule has 1 spiro atoms. The van der Waals surface area contributed by atoms with Gasteiger partial charge in [0.25, 0.3) is 0 Å². The number of hydrogen-bond donors (Lipinski definition) is 1. The van der Waals surface area contributed by atoms with Crippen LogP contribution in [-0.2, 0) is 29.3 Å².